The lowest BCUT2D eigenvalue weighted by Crippen LogP contribution is -2.27. The molecule has 170 valence electrons. The first-order chi connectivity index (χ1) is 16.1. The van der Waals surface area contributed by atoms with Crippen LogP contribution in [0.3, 0.4) is 0 Å². The average Bonchev–Trinajstić information content (AvgIpc) is 3.38. The van der Waals surface area contributed by atoms with E-state index in [0.717, 1.165) is 48.5 Å². The average molecular weight is 444 g/mol. The van der Waals surface area contributed by atoms with Gasteiger partial charge in [0.05, 0.1) is 19.1 Å². The molecule has 6 heteroatoms. The number of benzene rings is 3. The molecular formula is C27H29N3O3. The van der Waals surface area contributed by atoms with Crippen molar-refractivity contribution in [2.45, 2.75) is 25.8 Å². The van der Waals surface area contributed by atoms with Gasteiger partial charge in [-0.15, -0.1) is 0 Å². The van der Waals surface area contributed by atoms with Crippen molar-refractivity contribution in [1.29, 1.82) is 0 Å². The van der Waals surface area contributed by atoms with Gasteiger partial charge in [-0.1, -0.05) is 42.5 Å². The summed E-state index contributed by atoms with van der Waals surface area (Å²) in [7, 11) is 1.61. The summed E-state index contributed by atoms with van der Waals surface area (Å²) in [6, 6.07) is 22.8. The molecule has 0 unspecified atom stereocenters. The Balaban J connectivity index is 1.48. The van der Waals surface area contributed by atoms with E-state index in [9.17, 15) is 9.59 Å². The maximum absolute atomic E-state index is 13.1. The third kappa shape index (κ3) is 5.92. The molecule has 0 bridgehead atoms. The van der Waals surface area contributed by atoms with Crippen molar-refractivity contribution in [2.75, 3.05) is 30.4 Å². The van der Waals surface area contributed by atoms with Crippen molar-refractivity contribution in [3.05, 3.63) is 89.5 Å². The van der Waals surface area contributed by atoms with Gasteiger partial charge in [0.25, 0.3) is 5.91 Å². The lowest BCUT2D eigenvalue weighted by molar-refractivity contribution is -0.115. The molecule has 3 aromatic carbocycles. The summed E-state index contributed by atoms with van der Waals surface area (Å²) in [5.74, 6) is 0.472. The van der Waals surface area contributed by atoms with Gasteiger partial charge in [-0.2, -0.15) is 0 Å². The number of methoxy groups -OCH3 is 1. The minimum absolute atomic E-state index is 0.135. The predicted octanol–water partition coefficient (Wildman–Crippen LogP) is 4.41. The molecule has 1 aliphatic rings. The molecule has 0 aromatic heterocycles. The number of anilines is 2. The minimum atomic E-state index is -0.146. The standard InChI is InChI=1S/C27H29N3O3/c1-33-23-12-9-20(10-13-23)17-26(31)29-22-11-14-25(30-15-5-6-16-30)24(18-22)27(32)28-19-21-7-3-2-4-8-21/h2-4,7-14,18H,5-6,15-17,19H2,1H3,(H,28,32)(H,29,31). The van der Waals surface area contributed by atoms with Gasteiger partial charge in [0.1, 0.15) is 5.75 Å². The van der Waals surface area contributed by atoms with Gasteiger partial charge in [-0.3, -0.25) is 9.59 Å². The fourth-order valence-corrected chi connectivity index (χ4v) is 4.04. The highest BCUT2D eigenvalue weighted by Gasteiger charge is 2.20. The molecule has 1 fully saturated rings. The normalized spacial score (nSPS) is 12.9. The van der Waals surface area contributed by atoms with E-state index in [4.69, 9.17) is 4.74 Å². The lowest BCUT2D eigenvalue weighted by Gasteiger charge is -2.22. The van der Waals surface area contributed by atoms with E-state index in [2.05, 4.69) is 15.5 Å². The fourth-order valence-electron chi connectivity index (χ4n) is 4.04. The molecule has 0 saturated carbocycles. The molecule has 4 rings (SSSR count). The maximum atomic E-state index is 13.1. The van der Waals surface area contributed by atoms with Gasteiger partial charge in [0.2, 0.25) is 5.91 Å². The quantitative estimate of drug-likeness (QED) is 0.541. The van der Waals surface area contributed by atoms with E-state index in [0.29, 0.717) is 17.8 Å². The second-order valence-electron chi connectivity index (χ2n) is 8.17. The SMILES string of the molecule is COc1ccc(CC(=O)Nc2ccc(N3CCCC3)c(C(=O)NCc3ccccc3)c2)cc1. The van der Waals surface area contributed by atoms with Gasteiger partial charge in [-0.25, -0.2) is 0 Å². The Hall–Kier alpha value is -3.80. The van der Waals surface area contributed by atoms with Crippen LogP contribution < -0.4 is 20.3 Å². The van der Waals surface area contributed by atoms with Gasteiger partial charge >= 0.3 is 0 Å². The van der Waals surface area contributed by atoms with Crippen molar-refractivity contribution in [1.82, 2.24) is 5.32 Å². The highest BCUT2D eigenvalue weighted by atomic mass is 16.5. The first kappa shape index (κ1) is 22.4. The summed E-state index contributed by atoms with van der Waals surface area (Å²) in [5.41, 5.74) is 4.03. The summed E-state index contributed by atoms with van der Waals surface area (Å²) in [6.07, 6.45) is 2.48. The molecule has 2 N–H and O–H groups in total. The number of nitrogens with zero attached hydrogens (tertiary/aromatic N) is 1. The number of hydrogen-bond acceptors (Lipinski definition) is 4. The lowest BCUT2D eigenvalue weighted by atomic mass is 10.1. The largest absolute Gasteiger partial charge is 0.497 e. The van der Waals surface area contributed by atoms with Gasteiger partial charge in [0, 0.05) is 31.0 Å². The first-order valence-electron chi connectivity index (χ1n) is 11.3. The summed E-state index contributed by atoms with van der Waals surface area (Å²) < 4.78 is 5.16. The predicted molar refractivity (Wildman–Crippen MR) is 131 cm³/mol. The van der Waals surface area contributed by atoms with Crippen LogP contribution in [0.2, 0.25) is 0 Å². The topological polar surface area (TPSA) is 70.7 Å². The summed E-state index contributed by atoms with van der Waals surface area (Å²) in [4.78, 5) is 28.0. The molecule has 33 heavy (non-hydrogen) atoms. The van der Waals surface area contributed by atoms with Gasteiger partial charge in [0.15, 0.2) is 0 Å². The molecule has 0 atom stereocenters. The van der Waals surface area contributed by atoms with Crippen molar-refractivity contribution in [2.24, 2.45) is 0 Å². The number of hydrogen-bond donors (Lipinski definition) is 2. The Morgan fingerprint density at radius 1 is 0.909 bits per heavy atom. The zero-order valence-corrected chi connectivity index (χ0v) is 18.8. The van der Waals surface area contributed by atoms with Crippen molar-refractivity contribution in [3.63, 3.8) is 0 Å². The van der Waals surface area contributed by atoms with Gasteiger partial charge < -0.3 is 20.3 Å². The van der Waals surface area contributed by atoms with Crippen molar-refractivity contribution in [3.8, 4) is 5.75 Å². The van der Waals surface area contributed by atoms with Crippen LogP contribution >= 0.6 is 0 Å². The van der Waals surface area contributed by atoms with E-state index >= 15 is 0 Å². The second-order valence-corrected chi connectivity index (χ2v) is 8.17. The Morgan fingerprint density at radius 2 is 1.64 bits per heavy atom. The van der Waals surface area contributed by atoms with Crippen LogP contribution in [0.5, 0.6) is 5.75 Å². The number of rotatable bonds is 8. The molecule has 0 spiro atoms. The second kappa shape index (κ2) is 10.7. The van der Waals surface area contributed by atoms with Crippen LogP contribution in [0.25, 0.3) is 0 Å². The smallest absolute Gasteiger partial charge is 0.253 e. The summed E-state index contributed by atoms with van der Waals surface area (Å²) >= 11 is 0. The first-order valence-corrected chi connectivity index (χ1v) is 11.3. The van der Waals surface area contributed by atoms with E-state index in [1.165, 1.54) is 0 Å². The molecule has 3 aromatic rings. The van der Waals surface area contributed by atoms with Crippen molar-refractivity contribution < 1.29 is 14.3 Å². The van der Waals surface area contributed by atoms with Crippen LogP contribution in [0.15, 0.2) is 72.8 Å². The highest BCUT2D eigenvalue weighted by molar-refractivity contribution is 6.02. The molecule has 0 radical (unpaired) electrons. The number of carbonyl (C=O) groups excluding carboxylic acids is 2. The monoisotopic (exact) mass is 443 g/mol. The number of carbonyl (C=O) groups is 2. The third-order valence-corrected chi connectivity index (χ3v) is 5.79. The Kier molecular flexibility index (Phi) is 7.25. The van der Waals surface area contributed by atoms with Crippen LogP contribution in [0.4, 0.5) is 11.4 Å². The van der Waals surface area contributed by atoms with E-state index in [1.54, 1.807) is 13.2 Å². The Labute approximate surface area is 194 Å². The fraction of sp³-hybridized carbons (Fsp3) is 0.259. The van der Waals surface area contributed by atoms with E-state index in [-0.39, 0.29) is 18.2 Å². The van der Waals surface area contributed by atoms with Crippen LogP contribution in [0, 0.1) is 0 Å². The molecule has 2 amide bonds. The molecule has 1 aliphatic heterocycles. The minimum Gasteiger partial charge on any atom is -0.497 e. The molecule has 1 heterocycles. The van der Waals surface area contributed by atoms with Crippen LogP contribution in [0.1, 0.15) is 34.3 Å². The zero-order chi connectivity index (χ0) is 23.0. The maximum Gasteiger partial charge on any atom is 0.253 e. The molecule has 1 saturated heterocycles. The highest BCUT2D eigenvalue weighted by Crippen LogP contribution is 2.28. The Morgan fingerprint density at radius 3 is 2.33 bits per heavy atom. The van der Waals surface area contributed by atoms with E-state index < -0.39 is 0 Å². The molecule has 0 aliphatic carbocycles. The Bertz CT molecular complexity index is 1090. The third-order valence-electron chi connectivity index (χ3n) is 5.79. The number of ether oxygens (including phenoxy) is 1. The summed E-state index contributed by atoms with van der Waals surface area (Å²) in [6.45, 7) is 2.32. The number of nitrogens with one attached hydrogen (secondary N) is 2. The van der Waals surface area contributed by atoms with Crippen LogP contribution in [-0.4, -0.2) is 32.0 Å². The zero-order valence-electron chi connectivity index (χ0n) is 18.8. The van der Waals surface area contributed by atoms with Gasteiger partial charge in [-0.05, 0) is 54.3 Å². The number of amides is 2. The van der Waals surface area contributed by atoms with E-state index in [1.807, 2.05) is 66.7 Å². The molecule has 6 nitrogen and oxygen atoms in total. The summed E-state index contributed by atoms with van der Waals surface area (Å²) in [5, 5.41) is 5.96. The molecular weight excluding hydrogens is 414 g/mol. The van der Waals surface area contributed by atoms with Crippen LogP contribution in [-0.2, 0) is 17.8 Å². The van der Waals surface area contributed by atoms with Crippen molar-refractivity contribution >= 4 is 23.2 Å².